The Kier molecular flexibility index (Phi) is 5.31. The average molecular weight is 285 g/mol. The highest BCUT2D eigenvalue weighted by atomic mass is 32.2. The maximum Gasteiger partial charge on any atom is 0.246 e. The van der Waals surface area contributed by atoms with Crippen molar-refractivity contribution in [1.29, 1.82) is 0 Å². The van der Waals surface area contributed by atoms with Gasteiger partial charge in [0.2, 0.25) is 10.0 Å². The molecule has 0 aliphatic heterocycles. The van der Waals surface area contributed by atoms with E-state index >= 15 is 0 Å². The van der Waals surface area contributed by atoms with Gasteiger partial charge in [0.1, 0.15) is 4.90 Å². The Hall–Kier alpha value is -1.14. The molecule has 6 heteroatoms. The quantitative estimate of drug-likeness (QED) is 0.867. The Morgan fingerprint density at radius 3 is 2.16 bits per heavy atom. The lowest BCUT2D eigenvalue weighted by Gasteiger charge is -2.26. The van der Waals surface area contributed by atoms with Gasteiger partial charge in [0, 0.05) is 25.5 Å². The molecule has 0 radical (unpaired) electrons. The van der Waals surface area contributed by atoms with Gasteiger partial charge in [0.15, 0.2) is 0 Å². The van der Waals surface area contributed by atoms with E-state index in [0.717, 1.165) is 0 Å². The van der Waals surface area contributed by atoms with E-state index in [1.54, 1.807) is 0 Å². The number of nitrogens with zero attached hydrogens (tertiary/aromatic N) is 2. The summed E-state index contributed by atoms with van der Waals surface area (Å²) in [4.78, 5) is 3.96. The van der Waals surface area contributed by atoms with Crippen LogP contribution in [0.15, 0.2) is 23.4 Å². The smallest absolute Gasteiger partial charge is 0.246 e. The van der Waals surface area contributed by atoms with Gasteiger partial charge in [-0.1, -0.05) is 27.7 Å². The largest absolute Gasteiger partial charge is 0.398 e. The molecule has 1 aromatic heterocycles. The topological polar surface area (TPSA) is 76.3 Å². The minimum Gasteiger partial charge on any atom is -0.398 e. The molecule has 1 heterocycles. The van der Waals surface area contributed by atoms with Crippen LogP contribution in [0.4, 0.5) is 5.69 Å². The van der Waals surface area contributed by atoms with Crippen LogP contribution in [-0.2, 0) is 10.0 Å². The van der Waals surface area contributed by atoms with Crippen molar-refractivity contribution < 1.29 is 8.42 Å². The Labute approximate surface area is 115 Å². The maximum absolute atomic E-state index is 12.6. The summed E-state index contributed by atoms with van der Waals surface area (Å²) in [6.45, 7) is 8.94. The van der Waals surface area contributed by atoms with Gasteiger partial charge >= 0.3 is 0 Å². The van der Waals surface area contributed by atoms with Crippen molar-refractivity contribution in [3.63, 3.8) is 0 Å². The van der Waals surface area contributed by atoms with Gasteiger partial charge in [-0.25, -0.2) is 8.42 Å². The minimum atomic E-state index is -3.58. The zero-order chi connectivity index (χ0) is 14.6. The molecule has 1 rings (SSSR count). The molecule has 0 saturated carbocycles. The number of hydrogen-bond acceptors (Lipinski definition) is 4. The highest BCUT2D eigenvalue weighted by Gasteiger charge is 2.27. The van der Waals surface area contributed by atoms with Crippen LogP contribution in [0.3, 0.4) is 0 Å². The Morgan fingerprint density at radius 2 is 1.74 bits per heavy atom. The molecule has 0 atom stereocenters. The fourth-order valence-corrected chi connectivity index (χ4v) is 3.66. The van der Waals surface area contributed by atoms with E-state index in [1.807, 2.05) is 27.7 Å². The molecule has 0 bridgehead atoms. The highest BCUT2D eigenvalue weighted by Crippen LogP contribution is 2.22. The standard InChI is InChI=1S/C13H23N3O2S/c1-10(2)8-16(9-11(3)4)19(17,18)13-7-15-6-5-12(13)14/h5-7,10-11H,8-9H2,1-4H3,(H2,14,15). The van der Waals surface area contributed by atoms with Crippen LogP contribution in [0.2, 0.25) is 0 Å². The predicted octanol–water partition coefficient (Wildman–Crippen LogP) is 1.97. The van der Waals surface area contributed by atoms with E-state index in [0.29, 0.717) is 13.1 Å². The first-order valence-electron chi connectivity index (χ1n) is 6.44. The van der Waals surface area contributed by atoms with E-state index < -0.39 is 10.0 Å². The minimum absolute atomic E-state index is 0.0938. The molecule has 0 spiro atoms. The highest BCUT2D eigenvalue weighted by molar-refractivity contribution is 7.89. The second-order valence-electron chi connectivity index (χ2n) is 5.52. The normalized spacial score (nSPS) is 12.6. The third-order valence-electron chi connectivity index (χ3n) is 2.57. The number of pyridine rings is 1. The summed E-state index contributed by atoms with van der Waals surface area (Å²) in [5, 5.41) is 0. The summed E-state index contributed by atoms with van der Waals surface area (Å²) < 4.78 is 26.8. The van der Waals surface area contributed by atoms with Gasteiger partial charge in [0.05, 0.1) is 5.69 Å². The van der Waals surface area contributed by atoms with Crippen LogP contribution in [0.25, 0.3) is 0 Å². The second-order valence-corrected chi connectivity index (χ2v) is 7.43. The van der Waals surface area contributed by atoms with E-state index in [1.165, 1.54) is 22.8 Å². The van der Waals surface area contributed by atoms with E-state index in [9.17, 15) is 8.42 Å². The maximum atomic E-state index is 12.6. The number of hydrogen-bond donors (Lipinski definition) is 1. The molecule has 0 fully saturated rings. The summed E-state index contributed by atoms with van der Waals surface area (Å²) in [5.74, 6) is 0.512. The van der Waals surface area contributed by atoms with E-state index in [2.05, 4.69) is 4.98 Å². The van der Waals surface area contributed by atoms with Gasteiger partial charge in [-0.15, -0.1) is 0 Å². The van der Waals surface area contributed by atoms with Crippen LogP contribution in [-0.4, -0.2) is 30.8 Å². The summed E-state index contributed by atoms with van der Waals surface area (Å²) in [5.41, 5.74) is 6.00. The van der Waals surface area contributed by atoms with Crippen LogP contribution < -0.4 is 5.73 Å². The number of rotatable bonds is 6. The SMILES string of the molecule is CC(C)CN(CC(C)C)S(=O)(=O)c1cnccc1N. The lowest BCUT2D eigenvalue weighted by molar-refractivity contribution is 0.333. The Bertz CT molecular complexity index is 502. The lowest BCUT2D eigenvalue weighted by Crippen LogP contribution is -2.37. The van der Waals surface area contributed by atoms with Crippen LogP contribution in [0.1, 0.15) is 27.7 Å². The average Bonchev–Trinajstić information content (AvgIpc) is 2.27. The molecular formula is C13H23N3O2S. The molecule has 0 aliphatic carbocycles. The predicted molar refractivity (Wildman–Crippen MR) is 77.1 cm³/mol. The number of sulfonamides is 1. The number of nitrogen functional groups attached to an aromatic ring is 1. The lowest BCUT2D eigenvalue weighted by atomic mass is 10.2. The molecule has 0 amide bonds. The number of nitrogens with two attached hydrogens (primary N) is 1. The molecular weight excluding hydrogens is 262 g/mol. The second kappa shape index (κ2) is 6.34. The van der Waals surface area contributed by atoms with Crippen molar-refractivity contribution in [2.75, 3.05) is 18.8 Å². The zero-order valence-electron chi connectivity index (χ0n) is 12.0. The molecule has 108 valence electrons. The monoisotopic (exact) mass is 285 g/mol. The summed E-state index contributed by atoms with van der Waals surface area (Å²) in [7, 11) is -3.58. The van der Waals surface area contributed by atoms with Crippen LogP contribution in [0.5, 0.6) is 0 Å². The molecule has 0 aliphatic rings. The van der Waals surface area contributed by atoms with Crippen molar-refractivity contribution in [2.45, 2.75) is 32.6 Å². The fraction of sp³-hybridized carbons (Fsp3) is 0.615. The van der Waals surface area contributed by atoms with Gasteiger partial charge < -0.3 is 5.73 Å². The molecule has 0 saturated heterocycles. The molecule has 0 aromatic carbocycles. The number of anilines is 1. The van der Waals surface area contributed by atoms with E-state index in [-0.39, 0.29) is 22.4 Å². The molecule has 2 N–H and O–H groups in total. The summed E-state index contributed by atoms with van der Waals surface area (Å²) >= 11 is 0. The fourth-order valence-electron chi connectivity index (χ4n) is 1.83. The van der Waals surface area contributed by atoms with E-state index in [4.69, 9.17) is 5.73 Å². The summed E-state index contributed by atoms with van der Waals surface area (Å²) in [6.07, 6.45) is 2.81. The summed E-state index contributed by atoms with van der Waals surface area (Å²) in [6, 6.07) is 1.51. The van der Waals surface area contributed by atoms with Crippen molar-refractivity contribution in [3.05, 3.63) is 18.5 Å². The van der Waals surface area contributed by atoms with Gasteiger partial charge in [-0.2, -0.15) is 4.31 Å². The van der Waals surface area contributed by atoms with Gasteiger partial charge in [0.25, 0.3) is 0 Å². The zero-order valence-corrected chi connectivity index (χ0v) is 12.8. The van der Waals surface area contributed by atoms with Gasteiger partial charge in [-0.05, 0) is 17.9 Å². The van der Waals surface area contributed by atoms with Crippen molar-refractivity contribution in [3.8, 4) is 0 Å². The van der Waals surface area contributed by atoms with Crippen molar-refractivity contribution in [1.82, 2.24) is 9.29 Å². The van der Waals surface area contributed by atoms with Crippen molar-refractivity contribution in [2.24, 2.45) is 11.8 Å². The molecule has 1 aromatic rings. The first kappa shape index (κ1) is 15.9. The van der Waals surface area contributed by atoms with Gasteiger partial charge in [-0.3, -0.25) is 4.98 Å². The molecule has 5 nitrogen and oxygen atoms in total. The first-order valence-corrected chi connectivity index (χ1v) is 7.88. The van der Waals surface area contributed by atoms with Crippen LogP contribution >= 0.6 is 0 Å². The third-order valence-corrected chi connectivity index (χ3v) is 4.45. The Morgan fingerprint density at radius 1 is 1.21 bits per heavy atom. The molecule has 19 heavy (non-hydrogen) atoms. The van der Waals surface area contributed by atoms with Crippen LogP contribution in [0, 0.1) is 11.8 Å². The first-order chi connectivity index (χ1) is 8.75. The third kappa shape index (κ3) is 4.18. The molecule has 0 unspecified atom stereocenters. The Balaban J connectivity index is 3.16. The van der Waals surface area contributed by atoms with Crippen molar-refractivity contribution >= 4 is 15.7 Å². The number of aromatic nitrogens is 1.